The predicted molar refractivity (Wildman–Crippen MR) is 81.0 cm³/mol. The smallest absolute Gasteiger partial charge is 0.291 e. The zero-order chi connectivity index (χ0) is 15.7. The van der Waals surface area contributed by atoms with Gasteiger partial charge in [0, 0.05) is 17.0 Å². The lowest BCUT2D eigenvalue weighted by Gasteiger charge is -2.06. The van der Waals surface area contributed by atoms with Gasteiger partial charge >= 0.3 is 11.4 Å². The SMILES string of the molecule is Cc1cc(C)nc(-n2c(=O)nc(-c3ccccc3)[nH]c2=O)n1. The van der Waals surface area contributed by atoms with Crippen LogP contribution in [0.1, 0.15) is 11.4 Å². The molecule has 0 aliphatic rings. The van der Waals surface area contributed by atoms with E-state index in [1.807, 2.05) is 6.07 Å². The molecule has 1 N–H and O–H groups in total. The molecule has 2 heterocycles. The number of hydrogen-bond acceptors (Lipinski definition) is 5. The lowest BCUT2D eigenvalue weighted by Crippen LogP contribution is -2.37. The van der Waals surface area contributed by atoms with Crippen molar-refractivity contribution in [1.82, 2.24) is 24.5 Å². The van der Waals surface area contributed by atoms with Crippen LogP contribution >= 0.6 is 0 Å². The average molecular weight is 295 g/mol. The van der Waals surface area contributed by atoms with Gasteiger partial charge in [-0.15, -0.1) is 0 Å². The quantitative estimate of drug-likeness (QED) is 0.761. The third-order valence-electron chi connectivity index (χ3n) is 3.04. The largest absolute Gasteiger partial charge is 0.360 e. The average Bonchev–Trinajstić information content (AvgIpc) is 2.46. The van der Waals surface area contributed by atoms with E-state index in [4.69, 9.17) is 0 Å². The number of rotatable bonds is 2. The molecule has 0 bridgehead atoms. The van der Waals surface area contributed by atoms with E-state index in [0.29, 0.717) is 17.0 Å². The molecule has 0 saturated heterocycles. The van der Waals surface area contributed by atoms with Gasteiger partial charge in [-0.25, -0.2) is 19.6 Å². The van der Waals surface area contributed by atoms with E-state index in [1.54, 1.807) is 44.2 Å². The van der Waals surface area contributed by atoms with Gasteiger partial charge in [0.15, 0.2) is 0 Å². The first-order valence-electron chi connectivity index (χ1n) is 6.66. The summed E-state index contributed by atoms with van der Waals surface area (Å²) in [5, 5.41) is 0. The highest BCUT2D eigenvalue weighted by Gasteiger charge is 2.12. The fourth-order valence-electron chi connectivity index (χ4n) is 2.13. The second-order valence-electron chi connectivity index (χ2n) is 4.83. The Morgan fingerprint density at radius 3 is 2.18 bits per heavy atom. The summed E-state index contributed by atoms with van der Waals surface area (Å²) in [6.07, 6.45) is 0. The summed E-state index contributed by atoms with van der Waals surface area (Å²) in [7, 11) is 0. The molecule has 22 heavy (non-hydrogen) atoms. The van der Waals surface area contributed by atoms with Gasteiger partial charge in [0.05, 0.1) is 0 Å². The zero-order valence-corrected chi connectivity index (χ0v) is 12.1. The molecule has 3 rings (SSSR count). The third kappa shape index (κ3) is 2.56. The highest BCUT2D eigenvalue weighted by Crippen LogP contribution is 2.10. The van der Waals surface area contributed by atoms with Gasteiger partial charge in [-0.05, 0) is 19.9 Å². The molecule has 110 valence electrons. The van der Waals surface area contributed by atoms with Crippen molar-refractivity contribution in [2.45, 2.75) is 13.8 Å². The first-order chi connectivity index (χ1) is 10.5. The van der Waals surface area contributed by atoms with Gasteiger partial charge in [0.25, 0.3) is 0 Å². The minimum atomic E-state index is -0.715. The summed E-state index contributed by atoms with van der Waals surface area (Å²) in [5.74, 6) is 0.243. The van der Waals surface area contributed by atoms with Crippen LogP contribution in [0.3, 0.4) is 0 Å². The van der Waals surface area contributed by atoms with Crippen LogP contribution in [0.5, 0.6) is 0 Å². The van der Waals surface area contributed by atoms with Crippen LogP contribution in [0.25, 0.3) is 17.3 Å². The molecule has 0 spiro atoms. The van der Waals surface area contributed by atoms with E-state index < -0.39 is 11.4 Å². The van der Waals surface area contributed by atoms with Crippen molar-refractivity contribution in [3.63, 3.8) is 0 Å². The molecule has 1 aromatic carbocycles. The van der Waals surface area contributed by atoms with Gasteiger partial charge in [-0.1, -0.05) is 30.3 Å². The molecule has 0 radical (unpaired) electrons. The van der Waals surface area contributed by atoms with Gasteiger partial charge < -0.3 is 0 Å². The van der Waals surface area contributed by atoms with E-state index in [-0.39, 0.29) is 11.8 Å². The second kappa shape index (κ2) is 5.36. The minimum absolute atomic E-state index is 0.0239. The van der Waals surface area contributed by atoms with Crippen molar-refractivity contribution in [1.29, 1.82) is 0 Å². The van der Waals surface area contributed by atoms with Gasteiger partial charge in [0.2, 0.25) is 5.95 Å². The molecule has 0 saturated carbocycles. The van der Waals surface area contributed by atoms with E-state index >= 15 is 0 Å². The fraction of sp³-hybridized carbons (Fsp3) is 0.133. The summed E-state index contributed by atoms with van der Waals surface area (Å²) in [4.78, 5) is 39.2. The van der Waals surface area contributed by atoms with Crippen molar-refractivity contribution < 1.29 is 0 Å². The van der Waals surface area contributed by atoms with Crippen LogP contribution in [-0.2, 0) is 0 Å². The minimum Gasteiger partial charge on any atom is -0.291 e. The summed E-state index contributed by atoms with van der Waals surface area (Å²) >= 11 is 0. The Morgan fingerprint density at radius 1 is 0.955 bits per heavy atom. The number of aryl methyl sites for hydroxylation is 2. The zero-order valence-electron chi connectivity index (χ0n) is 12.1. The molecule has 0 fully saturated rings. The Morgan fingerprint density at radius 2 is 1.59 bits per heavy atom. The molecular weight excluding hydrogens is 282 g/mol. The molecule has 0 aliphatic carbocycles. The number of nitrogens with zero attached hydrogens (tertiary/aromatic N) is 4. The maximum atomic E-state index is 12.2. The molecule has 0 amide bonds. The van der Waals surface area contributed by atoms with Crippen molar-refractivity contribution in [3.05, 3.63) is 68.8 Å². The van der Waals surface area contributed by atoms with Crippen LogP contribution in [-0.4, -0.2) is 24.5 Å². The van der Waals surface area contributed by atoms with Crippen LogP contribution in [0.4, 0.5) is 0 Å². The Balaban J connectivity index is 2.20. The Kier molecular flexibility index (Phi) is 3.38. The maximum absolute atomic E-state index is 12.2. The van der Waals surface area contributed by atoms with Crippen molar-refractivity contribution in [3.8, 4) is 17.3 Å². The molecule has 2 aromatic heterocycles. The first-order valence-corrected chi connectivity index (χ1v) is 6.66. The lowest BCUT2D eigenvalue weighted by molar-refractivity contribution is 0.760. The van der Waals surface area contributed by atoms with E-state index in [1.165, 1.54) is 0 Å². The van der Waals surface area contributed by atoms with Crippen LogP contribution in [0.15, 0.2) is 46.0 Å². The van der Waals surface area contributed by atoms with Crippen LogP contribution < -0.4 is 11.4 Å². The predicted octanol–water partition coefficient (Wildman–Crippen LogP) is 0.995. The summed E-state index contributed by atoms with van der Waals surface area (Å²) in [6.45, 7) is 3.53. The number of benzene rings is 1. The molecule has 3 aromatic rings. The Labute approximate surface area is 125 Å². The van der Waals surface area contributed by atoms with Gasteiger partial charge in [0.1, 0.15) is 5.82 Å². The first kappa shape index (κ1) is 13.9. The summed E-state index contributed by atoms with van der Waals surface area (Å²) < 4.78 is 0.826. The van der Waals surface area contributed by atoms with Gasteiger partial charge in [-0.3, -0.25) is 4.98 Å². The van der Waals surface area contributed by atoms with Crippen LogP contribution in [0, 0.1) is 13.8 Å². The van der Waals surface area contributed by atoms with Gasteiger partial charge in [-0.2, -0.15) is 9.55 Å². The second-order valence-corrected chi connectivity index (χ2v) is 4.83. The highest BCUT2D eigenvalue weighted by molar-refractivity contribution is 5.53. The topological polar surface area (TPSA) is 93.5 Å². The number of aromatic amines is 1. The molecule has 7 nitrogen and oxygen atoms in total. The van der Waals surface area contributed by atoms with Crippen molar-refractivity contribution >= 4 is 0 Å². The standard InChI is InChI=1S/C15H13N5O2/c1-9-8-10(2)17-13(16-9)20-14(21)18-12(19-15(20)22)11-6-4-3-5-7-11/h3-8H,1-2H3,(H,18,19,21,22). The fourth-order valence-corrected chi connectivity index (χ4v) is 2.13. The highest BCUT2D eigenvalue weighted by atomic mass is 16.2. The maximum Gasteiger partial charge on any atom is 0.360 e. The molecule has 0 atom stereocenters. The number of nitrogens with one attached hydrogen (secondary N) is 1. The van der Waals surface area contributed by atoms with E-state index in [2.05, 4.69) is 19.9 Å². The Hall–Kier alpha value is -3.09. The van der Waals surface area contributed by atoms with Crippen molar-refractivity contribution in [2.75, 3.05) is 0 Å². The van der Waals surface area contributed by atoms with E-state index in [9.17, 15) is 9.59 Å². The number of hydrogen-bond donors (Lipinski definition) is 1. The monoisotopic (exact) mass is 295 g/mol. The summed E-state index contributed by atoms with van der Waals surface area (Å²) in [6, 6.07) is 10.7. The molecular formula is C15H13N5O2. The summed E-state index contributed by atoms with van der Waals surface area (Å²) in [5.41, 5.74) is 0.656. The molecule has 0 aliphatic heterocycles. The van der Waals surface area contributed by atoms with Crippen molar-refractivity contribution in [2.24, 2.45) is 0 Å². The molecule has 0 unspecified atom stereocenters. The lowest BCUT2D eigenvalue weighted by atomic mass is 10.2. The number of H-pyrrole nitrogens is 1. The molecule has 7 heteroatoms. The van der Waals surface area contributed by atoms with Crippen LogP contribution in [0.2, 0.25) is 0 Å². The number of aromatic nitrogens is 5. The normalized spacial score (nSPS) is 10.6. The van der Waals surface area contributed by atoms with E-state index in [0.717, 1.165) is 4.57 Å². The Bertz CT molecular complexity index is 893. The third-order valence-corrected chi connectivity index (χ3v) is 3.04.